The van der Waals surface area contributed by atoms with E-state index in [0.717, 1.165) is 17.3 Å². The van der Waals surface area contributed by atoms with Crippen LogP contribution >= 0.6 is 23.4 Å². The van der Waals surface area contributed by atoms with E-state index in [9.17, 15) is 0 Å². The van der Waals surface area contributed by atoms with Crippen molar-refractivity contribution in [2.24, 2.45) is 0 Å². The van der Waals surface area contributed by atoms with Crippen LogP contribution in [0.2, 0.25) is 5.02 Å². The van der Waals surface area contributed by atoms with Crippen LogP contribution < -0.4 is 5.32 Å². The van der Waals surface area contributed by atoms with Crippen LogP contribution in [-0.4, -0.2) is 18.3 Å². The van der Waals surface area contributed by atoms with Gasteiger partial charge in [-0.2, -0.15) is 11.8 Å². The lowest BCUT2D eigenvalue weighted by Crippen LogP contribution is -2.25. The number of halogens is 1. The highest BCUT2D eigenvalue weighted by Gasteiger charge is 2.01. The van der Waals surface area contributed by atoms with Crippen molar-refractivity contribution in [1.29, 1.82) is 0 Å². The molecule has 1 aromatic rings. The van der Waals surface area contributed by atoms with Crippen molar-refractivity contribution in [3.8, 4) is 0 Å². The molecule has 1 aromatic carbocycles. The van der Waals surface area contributed by atoms with Crippen LogP contribution in [0.15, 0.2) is 24.3 Å². The van der Waals surface area contributed by atoms with Gasteiger partial charge >= 0.3 is 0 Å². The van der Waals surface area contributed by atoms with E-state index < -0.39 is 0 Å². The number of hydrogen-bond acceptors (Lipinski definition) is 2. The van der Waals surface area contributed by atoms with Gasteiger partial charge < -0.3 is 5.32 Å². The maximum atomic E-state index is 6.12. The molecule has 18 heavy (non-hydrogen) atoms. The molecule has 3 heteroatoms. The maximum Gasteiger partial charge on any atom is 0.0446 e. The molecule has 1 unspecified atom stereocenters. The fraction of sp³-hybridized carbons (Fsp3) is 0.600. The van der Waals surface area contributed by atoms with Crippen molar-refractivity contribution in [3.63, 3.8) is 0 Å². The second kappa shape index (κ2) is 9.71. The molecule has 0 aromatic heterocycles. The summed E-state index contributed by atoms with van der Waals surface area (Å²) >= 11 is 8.10. The lowest BCUT2D eigenvalue weighted by molar-refractivity contribution is 0.510. The van der Waals surface area contributed by atoms with Gasteiger partial charge in [-0.05, 0) is 43.7 Å². The van der Waals surface area contributed by atoms with Crippen molar-refractivity contribution in [2.45, 2.75) is 44.9 Å². The molecule has 0 aliphatic rings. The largest absolute Gasteiger partial charge is 0.315 e. The Morgan fingerprint density at radius 3 is 2.78 bits per heavy atom. The average molecular weight is 286 g/mol. The highest BCUT2D eigenvalue weighted by atomic mass is 35.5. The molecule has 1 N–H and O–H groups in total. The van der Waals surface area contributed by atoms with Gasteiger partial charge in [-0.3, -0.25) is 0 Å². The molecule has 0 radical (unpaired) electrons. The molecule has 0 bridgehead atoms. The summed E-state index contributed by atoms with van der Waals surface area (Å²) in [5.41, 5.74) is 1.25. The number of hydrogen-bond donors (Lipinski definition) is 1. The Kier molecular flexibility index (Phi) is 8.57. The number of rotatable bonds is 9. The zero-order chi connectivity index (χ0) is 13.2. The molecule has 0 saturated carbocycles. The van der Waals surface area contributed by atoms with Crippen molar-refractivity contribution in [1.82, 2.24) is 5.32 Å². The van der Waals surface area contributed by atoms with E-state index >= 15 is 0 Å². The van der Waals surface area contributed by atoms with Crippen LogP contribution in [-0.2, 0) is 5.75 Å². The van der Waals surface area contributed by atoms with Crippen molar-refractivity contribution in [3.05, 3.63) is 34.9 Å². The van der Waals surface area contributed by atoms with Crippen LogP contribution in [0.3, 0.4) is 0 Å². The second-order valence-corrected chi connectivity index (χ2v) is 6.11. The lowest BCUT2D eigenvalue weighted by atomic mass is 10.1. The first-order valence-corrected chi connectivity index (χ1v) is 8.31. The van der Waals surface area contributed by atoms with Gasteiger partial charge in [0.25, 0.3) is 0 Å². The predicted octanol–water partition coefficient (Wildman–Crippen LogP) is 4.74. The van der Waals surface area contributed by atoms with Crippen molar-refractivity contribution < 1.29 is 0 Å². The Balaban J connectivity index is 2.04. The van der Waals surface area contributed by atoms with Gasteiger partial charge in [-0.25, -0.2) is 0 Å². The molecular weight excluding hydrogens is 262 g/mol. The van der Waals surface area contributed by atoms with E-state index in [-0.39, 0.29) is 0 Å². The van der Waals surface area contributed by atoms with Gasteiger partial charge in [-0.15, -0.1) is 0 Å². The van der Waals surface area contributed by atoms with Crippen LogP contribution in [0, 0.1) is 0 Å². The molecule has 0 saturated heterocycles. The summed E-state index contributed by atoms with van der Waals surface area (Å²) in [5, 5.41) is 4.34. The molecule has 1 atom stereocenters. The molecule has 0 spiro atoms. The standard InChI is InChI=1S/C15H24ClNS/c1-3-17-13(2)8-6-7-11-18-12-14-9-4-5-10-15(14)16/h4-5,9-10,13,17H,3,6-8,11-12H2,1-2H3. The number of nitrogens with one attached hydrogen (secondary N) is 1. The average Bonchev–Trinajstić information content (AvgIpc) is 2.36. The Morgan fingerprint density at radius 2 is 2.06 bits per heavy atom. The third-order valence-electron chi connectivity index (χ3n) is 2.94. The second-order valence-electron chi connectivity index (χ2n) is 4.60. The molecule has 102 valence electrons. The van der Waals surface area contributed by atoms with Gasteiger partial charge in [0.15, 0.2) is 0 Å². The van der Waals surface area contributed by atoms with E-state index in [1.807, 2.05) is 23.9 Å². The molecular formula is C15H24ClNS. The lowest BCUT2D eigenvalue weighted by Gasteiger charge is -2.11. The summed E-state index contributed by atoms with van der Waals surface area (Å²) in [5.74, 6) is 2.26. The first-order chi connectivity index (χ1) is 8.74. The Bertz CT molecular complexity index is 330. The Morgan fingerprint density at radius 1 is 1.28 bits per heavy atom. The first-order valence-electron chi connectivity index (χ1n) is 6.78. The minimum absolute atomic E-state index is 0.656. The maximum absolute atomic E-state index is 6.12. The number of unbranched alkanes of at least 4 members (excludes halogenated alkanes) is 1. The van der Waals surface area contributed by atoms with Crippen molar-refractivity contribution in [2.75, 3.05) is 12.3 Å². The van der Waals surface area contributed by atoms with E-state index in [1.54, 1.807) is 0 Å². The van der Waals surface area contributed by atoms with Crippen LogP contribution in [0.5, 0.6) is 0 Å². The van der Waals surface area contributed by atoms with E-state index in [1.165, 1.54) is 30.6 Å². The third-order valence-corrected chi connectivity index (χ3v) is 4.41. The third kappa shape index (κ3) is 6.67. The minimum Gasteiger partial charge on any atom is -0.315 e. The predicted molar refractivity (Wildman–Crippen MR) is 84.6 cm³/mol. The quantitative estimate of drug-likeness (QED) is 0.658. The highest BCUT2D eigenvalue weighted by molar-refractivity contribution is 7.98. The molecule has 0 aliphatic carbocycles. The van der Waals surface area contributed by atoms with E-state index in [2.05, 4.69) is 31.3 Å². The summed E-state index contributed by atoms with van der Waals surface area (Å²) in [6.45, 7) is 5.50. The summed E-state index contributed by atoms with van der Waals surface area (Å²) in [6, 6.07) is 8.78. The first kappa shape index (κ1) is 15.9. The topological polar surface area (TPSA) is 12.0 Å². The summed E-state index contributed by atoms with van der Waals surface area (Å²) in [6.07, 6.45) is 3.88. The van der Waals surface area contributed by atoms with Gasteiger partial charge in [0.1, 0.15) is 0 Å². The number of benzene rings is 1. The summed E-state index contributed by atoms with van der Waals surface area (Å²) < 4.78 is 0. The van der Waals surface area contributed by atoms with Crippen LogP contribution in [0.4, 0.5) is 0 Å². The SMILES string of the molecule is CCNC(C)CCCCSCc1ccccc1Cl. The Labute approximate surface area is 121 Å². The van der Waals surface area contributed by atoms with Crippen molar-refractivity contribution >= 4 is 23.4 Å². The monoisotopic (exact) mass is 285 g/mol. The normalized spacial score (nSPS) is 12.6. The van der Waals surface area contributed by atoms with Crippen LogP contribution in [0.25, 0.3) is 0 Å². The summed E-state index contributed by atoms with van der Waals surface area (Å²) in [7, 11) is 0. The van der Waals surface area contributed by atoms with Crippen LogP contribution in [0.1, 0.15) is 38.7 Å². The zero-order valence-corrected chi connectivity index (χ0v) is 13.0. The van der Waals surface area contributed by atoms with Gasteiger partial charge in [-0.1, -0.05) is 43.1 Å². The molecule has 0 heterocycles. The molecule has 0 aliphatic heterocycles. The van der Waals surface area contributed by atoms with E-state index in [0.29, 0.717) is 6.04 Å². The smallest absolute Gasteiger partial charge is 0.0446 e. The van der Waals surface area contributed by atoms with E-state index in [4.69, 9.17) is 11.6 Å². The fourth-order valence-electron chi connectivity index (χ4n) is 1.90. The summed E-state index contributed by atoms with van der Waals surface area (Å²) in [4.78, 5) is 0. The fourth-order valence-corrected chi connectivity index (χ4v) is 3.21. The zero-order valence-electron chi connectivity index (χ0n) is 11.4. The van der Waals surface area contributed by atoms with Gasteiger partial charge in [0, 0.05) is 16.8 Å². The molecule has 0 fully saturated rings. The molecule has 0 amide bonds. The number of thioether (sulfide) groups is 1. The Hall–Kier alpha value is -0.180. The molecule has 1 nitrogen and oxygen atoms in total. The van der Waals surface area contributed by atoms with Gasteiger partial charge in [0.05, 0.1) is 0 Å². The highest BCUT2D eigenvalue weighted by Crippen LogP contribution is 2.21. The van der Waals surface area contributed by atoms with Gasteiger partial charge in [0.2, 0.25) is 0 Å². The molecule has 1 rings (SSSR count). The minimum atomic E-state index is 0.656.